The van der Waals surface area contributed by atoms with Crippen molar-refractivity contribution in [3.8, 4) is 0 Å². The zero-order chi connectivity index (χ0) is 9.84. The Morgan fingerprint density at radius 1 is 1.15 bits per heavy atom. The lowest BCUT2D eigenvalue weighted by Crippen LogP contribution is -2.35. The number of aliphatic hydroxyl groups excluding tert-OH is 1. The molecule has 0 amide bonds. The molecule has 1 aliphatic carbocycles. The van der Waals surface area contributed by atoms with Gasteiger partial charge in [-0.2, -0.15) is 0 Å². The van der Waals surface area contributed by atoms with Crippen LogP contribution in [0.1, 0.15) is 32.1 Å². The first-order valence-electron chi connectivity index (χ1n) is 4.72. The Kier molecular flexibility index (Phi) is 3.69. The molecule has 1 fully saturated rings. The van der Waals surface area contributed by atoms with Gasteiger partial charge in [0.15, 0.2) is 6.29 Å². The molecule has 0 heterocycles. The van der Waals surface area contributed by atoms with Crippen molar-refractivity contribution >= 4 is 5.97 Å². The van der Waals surface area contributed by atoms with Gasteiger partial charge in [0, 0.05) is 0 Å². The fourth-order valence-electron chi connectivity index (χ4n) is 2.07. The van der Waals surface area contributed by atoms with Crippen LogP contribution >= 0.6 is 0 Å². The van der Waals surface area contributed by atoms with E-state index in [1.807, 2.05) is 0 Å². The van der Waals surface area contributed by atoms with E-state index in [9.17, 15) is 4.79 Å². The second-order valence-corrected chi connectivity index (χ2v) is 3.68. The minimum absolute atomic E-state index is 0.0637. The van der Waals surface area contributed by atoms with Crippen LogP contribution in [-0.4, -0.2) is 27.6 Å². The first kappa shape index (κ1) is 10.5. The zero-order valence-corrected chi connectivity index (χ0v) is 7.52. The molecule has 0 bridgehead atoms. The Morgan fingerprint density at radius 3 is 2.08 bits per heavy atom. The average Bonchev–Trinajstić information content (AvgIpc) is 2.04. The molecule has 13 heavy (non-hydrogen) atoms. The largest absolute Gasteiger partial charge is 0.481 e. The van der Waals surface area contributed by atoms with Crippen LogP contribution < -0.4 is 0 Å². The molecule has 0 aromatic rings. The topological polar surface area (TPSA) is 77.8 Å². The van der Waals surface area contributed by atoms with Gasteiger partial charge in [-0.05, 0) is 18.8 Å². The van der Waals surface area contributed by atoms with Crippen molar-refractivity contribution in [2.75, 3.05) is 0 Å². The van der Waals surface area contributed by atoms with Crippen molar-refractivity contribution in [3.63, 3.8) is 0 Å². The molecule has 4 heteroatoms. The zero-order valence-electron chi connectivity index (χ0n) is 7.52. The maximum atomic E-state index is 10.7. The van der Waals surface area contributed by atoms with Gasteiger partial charge in [0.1, 0.15) is 5.92 Å². The molecule has 0 aromatic heterocycles. The van der Waals surface area contributed by atoms with Crippen LogP contribution in [0, 0.1) is 11.8 Å². The molecule has 0 aliphatic heterocycles. The summed E-state index contributed by atoms with van der Waals surface area (Å²) in [5.41, 5.74) is 0. The van der Waals surface area contributed by atoms with Crippen LogP contribution in [0.3, 0.4) is 0 Å². The molecular weight excluding hydrogens is 172 g/mol. The van der Waals surface area contributed by atoms with E-state index in [4.69, 9.17) is 15.3 Å². The molecule has 1 unspecified atom stereocenters. The van der Waals surface area contributed by atoms with Gasteiger partial charge >= 0.3 is 5.97 Å². The molecule has 1 aliphatic rings. The highest BCUT2D eigenvalue weighted by Gasteiger charge is 2.34. The SMILES string of the molecule is O=C(O)C(C(O)O)C1CCCCC1. The monoisotopic (exact) mass is 188 g/mol. The summed E-state index contributed by atoms with van der Waals surface area (Å²) in [5, 5.41) is 26.6. The quantitative estimate of drug-likeness (QED) is 0.566. The van der Waals surface area contributed by atoms with Crippen molar-refractivity contribution < 1.29 is 20.1 Å². The molecule has 3 N–H and O–H groups in total. The molecular formula is C9H16O4. The highest BCUT2D eigenvalue weighted by molar-refractivity contribution is 5.70. The second kappa shape index (κ2) is 4.58. The summed E-state index contributed by atoms with van der Waals surface area (Å²) >= 11 is 0. The summed E-state index contributed by atoms with van der Waals surface area (Å²) in [6.45, 7) is 0. The van der Waals surface area contributed by atoms with Crippen molar-refractivity contribution in [2.24, 2.45) is 11.8 Å². The van der Waals surface area contributed by atoms with Crippen LogP contribution in [0.2, 0.25) is 0 Å². The van der Waals surface area contributed by atoms with Crippen molar-refractivity contribution in [1.29, 1.82) is 0 Å². The van der Waals surface area contributed by atoms with E-state index in [-0.39, 0.29) is 5.92 Å². The number of aliphatic carboxylic acids is 1. The van der Waals surface area contributed by atoms with Crippen LogP contribution in [0.15, 0.2) is 0 Å². The molecule has 0 radical (unpaired) electrons. The fraction of sp³-hybridized carbons (Fsp3) is 0.889. The number of hydrogen-bond donors (Lipinski definition) is 3. The van der Waals surface area contributed by atoms with Crippen molar-refractivity contribution in [3.05, 3.63) is 0 Å². The number of carboxylic acid groups (broad SMARTS) is 1. The van der Waals surface area contributed by atoms with Crippen molar-refractivity contribution in [1.82, 2.24) is 0 Å². The Hall–Kier alpha value is -0.610. The predicted molar refractivity (Wildman–Crippen MR) is 45.9 cm³/mol. The Morgan fingerprint density at radius 2 is 1.69 bits per heavy atom. The average molecular weight is 188 g/mol. The summed E-state index contributed by atoms with van der Waals surface area (Å²) in [6.07, 6.45) is 3.01. The van der Waals surface area contributed by atoms with Gasteiger partial charge < -0.3 is 15.3 Å². The summed E-state index contributed by atoms with van der Waals surface area (Å²) in [5.74, 6) is -2.16. The number of rotatable bonds is 3. The first-order chi connectivity index (χ1) is 6.13. The molecule has 1 atom stereocenters. The minimum Gasteiger partial charge on any atom is -0.481 e. The maximum absolute atomic E-state index is 10.7. The van der Waals surface area contributed by atoms with Crippen LogP contribution in [0.5, 0.6) is 0 Å². The second-order valence-electron chi connectivity index (χ2n) is 3.68. The lowest BCUT2D eigenvalue weighted by molar-refractivity contribution is -0.165. The van der Waals surface area contributed by atoms with Gasteiger partial charge in [-0.25, -0.2) is 0 Å². The Balaban J connectivity index is 2.57. The molecule has 0 aromatic carbocycles. The lowest BCUT2D eigenvalue weighted by Gasteiger charge is -2.28. The maximum Gasteiger partial charge on any atom is 0.311 e. The third kappa shape index (κ3) is 2.67. The normalized spacial score (nSPS) is 21.8. The van der Waals surface area contributed by atoms with Crippen LogP contribution in [0.4, 0.5) is 0 Å². The summed E-state index contributed by atoms with van der Waals surface area (Å²) in [7, 11) is 0. The van der Waals surface area contributed by atoms with E-state index < -0.39 is 18.2 Å². The van der Waals surface area contributed by atoms with E-state index >= 15 is 0 Å². The van der Waals surface area contributed by atoms with Gasteiger partial charge in [-0.15, -0.1) is 0 Å². The van der Waals surface area contributed by atoms with E-state index in [1.54, 1.807) is 0 Å². The van der Waals surface area contributed by atoms with Gasteiger partial charge in [0.05, 0.1) is 0 Å². The van der Waals surface area contributed by atoms with Gasteiger partial charge in [0.2, 0.25) is 0 Å². The summed E-state index contributed by atoms with van der Waals surface area (Å²) in [6, 6.07) is 0. The van der Waals surface area contributed by atoms with Crippen LogP contribution in [-0.2, 0) is 4.79 Å². The number of carbonyl (C=O) groups is 1. The highest BCUT2D eigenvalue weighted by Crippen LogP contribution is 2.31. The van der Waals surface area contributed by atoms with E-state index in [1.165, 1.54) is 0 Å². The number of carboxylic acids is 1. The predicted octanol–water partition coefficient (Wildman–Crippen LogP) is 0.578. The highest BCUT2D eigenvalue weighted by atomic mass is 16.5. The van der Waals surface area contributed by atoms with Gasteiger partial charge in [-0.1, -0.05) is 19.3 Å². The number of aliphatic hydroxyl groups is 2. The van der Waals surface area contributed by atoms with Crippen LogP contribution in [0.25, 0.3) is 0 Å². The smallest absolute Gasteiger partial charge is 0.311 e. The van der Waals surface area contributed by atoms with Gasteiger partial charge in [0.25, 0.3) is 0 Å². The molecule has 0 spiro atoms. The third-order valence-electron chi connectivity index (χ3n) is 2.76. The van der Waals surface area contributed by atoms with E-state index in [0.717, 1.165) is 32.1 Å². The Labute approximate surface area is 77.2 Å². The van der Waals surface area contributed by atoms with Crippen molar-refractivity contribution in [2.45, 2.75) is 38.4 Å². The standard InChI is InChI=1S/C9H16O4/c10-8(11)7(9(12)13)6-4-2-1-3-5-6/h6-8,10-11H,1-5H2,(H,12,13). The third-order valence-corrected chi connectivity index (χ3v) is 2.76. The Bertz CT molecular complexity index is 172. The minimum atomic E-state index is -1.72. The fourth-order valence-corrected chi connectivity index (χ4v) is 2.07. The number of hydrogen-bond acceptors (Lipinski definition) is 3. The summed E-state index contributed by atoms with van der Waals surface area (Å²) < 4.78 is 0. The molecule has 0 saturated heterocycles. The summed E-state index contributed by atoms with van der Waals surface area (Å²) in [4.78, 5) is 10.7. The first-order valence-corrected chi connectivity index (χ1v) is 4.72. The van der Waals surface area contributed by atoms with Gasteiger partial charge in [-0.3, -0.25) is 4.79 Å². The molecule has 1 rings (SSSR count). The van der Waals surface area contributed by atoms with E-state index in [0.29, 0.717) is 0 Å². The lowest BCUT2D eigenvalue weighted by atomic mass is 9.79. The molecule has 76 valence electrons. The molecule has 1 saturated carbocycles. The molecule has 4 nitrogen and oxygen atoms in total. The van der Waals surface area contributed by atoms with E-state index in [2.05, 4.69) is 0 Å².